The van der Waals surface area contributed by atoms with Crippen molar-refractivity contribution in [2.75, 3.05) is 17.7 Å². The van der Waals surface area contributed by atoms with Crippen LogP contribution in [0.25, 0.3) is 5.82 Å². The van der Waals surface area contributed by atoms with E-state index in [0.717, 1.165) is 0 Å². The molecule has 11 heteroatoms. The number of hydrogen-bond donors (Lipinski definition) is 3. The van der Waals surface area contributed by atoms with Crippen molar-refractivity contribution in [3.05, 3.63) is 47.6 Å². The zero-order valence-corrected chi connectivity index (χ0v) is 15.2. The third kappa shape index (κ3) is 4.13. The maximum Gasteiger partial charge on any atom is 0.323 e. The van der Waals surface area contributed by atoms with Crippen LogP contribution in [-0.2, 0) is 4.74 Å². The number of nitrogens with one attached hydrogen (secondary N) is 2. The second-order valence-corrected chi connectivity index (χ2v) is 5.83. The van der Waals surface area contributed by atoms with Crippen molar-refractivity contribution in [1.29, 1.82) is 0 Å². The van der Waals surface area contributed by atoms with E-state index in [-0.39, 0.29) is 10.8 Å². The van der Waals surface area contributed by atoms with Gasteiger partial charge in [0.2, 0.25) is 0 Å². The lowest BCUT2D eigenvalue weighted by Gasteiger charge is -2.17. The Morgan fingerprint density at radius 2 is 2.00 bits per heavy atom. The van der Waals surface area contributed by atoms with Crippen LogP contribution in [0.15, 0.2) is 37.1 Å². The highest BCUT2D eigenvalue weighted by molar-refractivity contribution is 6.32. The number of aromatic nitrogens is 5. The lowest BCUT2D eigenvalue weighted by Crippen LogP contribution is -2.21. The number of anilines is 2. The van der Waals surface area contributed by atoms with Crippen LogP contribution in [0, 0.1) is 0 Å². The Hall–Kier alpha value is -3.24. The smallest absolute Gasteiger partial charge is 0.323 e. The molecule has 0 aliphatic carbocycles. The van der Waals surface area contributed by atoms with Gasteiger partial charge in [0.1, 0.15) is 5.75 Å². The van der Waals surface area contributed by atoms with E-state index in [4.69, 9.17) is 16.3 Å². The Kier molecular flexibility index (Phi) is 5.48. The number of halogens is 1. The van der Waals surface area contributed by atoms with Gasteiger partial charge in [-0.05, 0) is 13.0 Å². The SMILES string of the molecule is CO[C@@H](C)c1c(O)cncc1NC(=O)Nc1cnc(-n2nccn2)c(Cl)c1. The molecule has 3 aromatic rings. The van der Waals surface area contributed by atoms with Gasteiger partial charge in [0.15, 0.2) is 5.82 Å². The minimum atomic E-state index is -0.560. The number of pyridine rings is 2. The van der Waals surface area contributed by atoms with E-state index in [1.807, 2.05) is 0 Å². The molecule has 27 heavy (non-hydrogen) atoms. The lowest BCUT2D eigenvalue weighted by atomic mass is 10.1. The van der Waals surface area contributed by atoms with E-state index in [2.05, 4.69) is 30.8 Å². The number of amides is 2. The first-order valence-electron chi connectivity index (χ1n) is 7.79. The highest BCUT2D eigenvalue weighted by Crippen LogP contribution is 2.32. The normalized spacial score (nSPS) is 11.8. The summed E-state index contributed by atoms with van der Waals surface area (Å²) in [6.45, 7) is 1.74. The molecule has 0 fully saturated rings. The summed E-state index contributed by atoms with van der Waals surface area (Å²) < 4.78 is 5.22. The Balaban J connectivity index is 1.75. The molecule has 140 valence electrons. The first kappa shape index (κ1) is 18.5. The zero-order chi connectivity index (χ0) is 19.4. The lowest BCUT2D eigenvalue weighted by molar-refractivity contribution is 0.117. The molecule has 3 N–H and O–H groups in total. The summed E-state index contributed by atoms with van der Waals surface area (Å²) in [6.07, 6.45) is 6.67. The fourth-order valence-electron chi connectivity index (χ4n) is 2.36. The summed E-state index contributed by atoms with van der Waals surface area (Å²) in [6, 6.07) is 0.960. The minimum absolute atomic E-state index is 0.0806. The first-order valence-corrected chi connectivity index (χ1v) is 8.17. The van der Waals surface area contributed by atoms with Gasteiger partial charge >= 0.3 is 6.03 Å². The average Bonchev–Trinajstić information content (AvgIpc) is 3.15. The number of carbonyl (C=O) groups is 1. The minimum Gasteiger partial charge on any atom is -0.506 e. The number of carbonyl (C=O) groups excluding carboxylic acids is 1. The fourth-order valence-corrected chi connectivity index (χ4v) is 2.60. The van der Waals surface area contributed by atoms with Gasteiger partial charge in [-0.3, -0.25) is 4.98 Å². The van der Waals surface area contributed by atoms with E-state index in [0.29, 0.717) is 22.8 Å². The third-order valence-electron chi connectivity index (χ3n) is 3.66. The summed E-state index contributed by atoms with van der Waals surface area (Å²) in [7, 11) is 1.50. The average molecular weight is 390 g/mol. The summed E-state index contributed by atoms with van der Waals surface area (Å²) in [4.78, 5) is 21.6. The van der Waals surface area contributed by atoms with Crippen molar-refractivity contribution in [2.45, 2.75) is 13.0 Å². The predicted octanol–water partition coefficient (Wildman–Crippen LogP) is 2.77. The Labute approximate surface area is 159 Å². The molecule has 0 aliphatic heterocycles. The Morgan fingerprint density at radius 3 is 2.67 bits per heavy atom. The van der Waals surface area contributed by atoms with Crippen LogP contribution in [0.4, 0.5) is 16.2 Å². The molecule has 3 aromatic heterocycles. The van der Waals surface area contributed by atoms with Crippen molar-refractivity contribution in [2.24, 2.45) is 0 Å². The molecular weight excluding hydrogens is 374 g/mol. The predicted molar refractivity (Wildman–Crippen MR) is 98.1 cm³/mol. The molecule has 10 nitrogen and oxygen atoms in total. The van der Waals surface area contributed by atoms with Crippen LogP contribution in [0.1, 0.15) is 18.6 Å². The molecule has 0 saturated carbocycles. The molecule has 0 bridgehead atoms. The van der Waals surface area contributed by atoms with Gasteiger partial charge in [0, 0.05) is 12.7 Å². The second-order valence-electron chi connectivity index (χ2n) is 5.42. The Bertz CT molecular complexity index is 949. The molecule has 0 aliphatic rings. The van der Waals surface area contributed by atoms with E-state index < -0.39 is 12.1 Å². The quantitative estimate of drug-likeness (QED) is 0.612. The summed E-state index contributed by atoms with van der Waals surface area (Å²) in [5.74, 6) is 0.254. The highest BCUT2D eigenvalue weighted by Gasteiger charge is 2.17. The second kappa shape index (κ2) is 7.98. The van der Waals surface area contributed by atoms with E-state index in [1.54, 1.807) is 6.92 Å². The molecular formula is C16H16ClN7O3. The zero-order valence-electron chi connectivity index (χ0n) is 14.4. The molecule has 1 atom stereocenters. The van der Waals surface area contributed by atoms with Gasteiger partial charge in [-0.25, -0.2) is 9.78 Å². The summed E-state index contributed by atoms with van der Waals surface area (Å²) in [5, 5.41) is 23.4. The monoisotopic (exact) mass is 389 g/mol. The van der Waals surface area contributed by atoms with Crippen molar-refractivity contribution >= 4 is 29.0 Å². The van der Waals surface area contributed by atoms with E-state index in [9.17, 15) is 9.90 Å². The van der Waals surface area contributed by atoms with Crippen molar-refractivity contribution in [3.63, 3.8) is 0 Å². The maximum atomic E-state index is 12.3. The van der Waals surface area contributed by atoms with Gasteiger partial charge in [0.25, 0.3) is 0 Å². The first-order chi connectivity index (χ1) is 13.0. The third-order valence-corrected chi connectivity index (χ3v) is 3.94. The van der Waals surface area contributed by atoms with Crippen molar-refractivity contribution in [1.82, 2.24) is 25.0 Å². The fraction of sp³-hybridized carbons (Fsp3) is 0.188. The van der Waals surface area contributed by atoms with Crippen molar-refractivity contribution in [3.8, 4) is 11.6 Å². The van der Waals surface area contributed by atoms with Crippen LogP contribution in [0.5, 0.6) is 5.75 Å². The van der Waals surface area contributed by atoms with Gasteiger partial charge < -0.3 is 20.5 Å². The number of aromatic hydroxyl groups is 1. The van der Waals surface area contributed by atoms with Crippen molar-refractivity contribution < 1.29 is 14.6 Å². The molecule has 3 rings (SSSR count). The number of nitrogens with zero attached hydrogens (tertiary/aromatic N) is 5. The number of methoxy groups -OCH3 is 1. The van der Waals surface area contributed by atoms with Crippen LogP contribution in [0.3, 0.4) is 0 Å². The van der Waals surface area contributed by atoms with Crippen LogP contribution < -0.4 is 10.6 Å². The molecule has 0 spiro atoms. The summed E-state index contributed by atoms with van der Waals surface area (Å²) >= 11 is 6.18. The number of hydrogen-bond acceptors (Lipinski definition) is 7. The molecule has 0 unspecified atom stereocenters. The van der Waals surface area contributed by atoms with Gasteiger partial charge in [-0.1, -0.05) is 11.6 Å². The van der Waals surface area contributed by atoms with Gasteiger partial charge in [-0.2, -0.15) is 10.2 Å². The van der Waals surface area contributed by atoms with Crippen LogP contribution >= 0.6 is 11.6 Å². The van der Waals surface area contributed by atoms with E-state index in [1.165, 1.54) is 49.0 Å². The largest absolute Gasteiger partial charge is 0.506 e. The molecule has 2 amide bonds. The highest BCUT2D eigenvalue weighted by atomic mass is 35.5. The van der Waals surface area contributed by atoms with E-state index >= 15 is 0 Å². The van der Waals surface area contributed by atoms with Crippen LogP contribution in [0.2, 0.25) is 5.02 Å². The molecule has 0 aromatic carbocycles. The molecule has 0 saturated heterocycles. The molecule has 3 heterocycles. The summed E-state index contributed by atoms with van der Waals surface area (Å²) in [5.41, 5.74) is 1.10. The number of urea groups is 1. The van der Waals surface area contributed by atoms with Crippen LogP contribution in [-0.4, -0.2) is 43.2 Å². The maximum absolute atomic E-state index is 12.3. The molecule has 0 radical (unpaired) electrons. The Morgan fingerprint density at radius 1 is 1.26 bits per heavy atom. The number of rotatable bonds is 5. The standard InChI is InChI=1S/C16H16ClN7O3/c1-9(27-2)14-12(7-18-8-13(14)25)23-16(26)22-10-5-11(17)15(19-6-10)24-20-3-4-21-24/h3-9,25H,1-2H3,(H2,22,23,26)/t9-/m0/s1. The topological polar surface area (TPSA) is 127 Å². The number of ether oxygens (including phenoxy) is 1. The van der Waals surface area contributed by atoms with Gasteiger partial charge in [-0.15, -0.1) is 4.80 Å². The van der Waals surface area contributed by atoms with Gasteiger partial charge in [0.05, 0.1) is 53.5 Å².